The van der Waals surface area contributed by atoms with Crippen LogP contribution in [0.2, 0.25) is 0 Å². The molecule has 3 saturated heterocycles. The Morgan fingerprint density at radius 3 is 1.23 bits per heavy atom. The van der Waals surface area contributed by atoms with E-state index in [0.717, 1.165) is 98.5 Å². The van der Waals surface area contributed by atoms with Crippen molar-refractivity contribution in [1.82, 2.24) is 0 Å². The van der Waals surface area contributed by atoms with E-state index in [4.69, 9.17) is 95.9 Å². The third kappa shape index (κ3) is 15.1. The van der Waals surface area contributed by atoms with E-state index in [0.29, 0.717) is 86.2 Å². The maximum Gasteiger partial charge on any atom is 0.342 e. The number of fused-ring (bicyclic) bond motifs is 1. The number of allylic oxidation sites excluding steroid dienone is 12. The summed E-state index contributed by atoms with van der Waals surface area (Å²) >= 11 is 28.8. The number of carbonyl (C=O) groups excluding carboxylic acids is 8. The van der Waals surface area contributed by atoms with E-state index in [9.17, 15) is 53.7 Å². The van der Waals surface area contributed by atoms with Crippen LogP contribution in [0.5, 0.6) is 0 Å². The normalized spacial score (nSPS) is 48.1. The number of esters is 6. The van der Waals surface area contributed by atoms with E-state index < -0.39 is 104 Å². The van der Waals surface area contributed by atoms with E-state index >= 15 is 0 Å². The van der Waals surface area contributed by atoms with Crippen molar-refractivity contribution in [3.05, 3.63) is 136 Å². The highest BCUT2D eigenvalue weighted by Crippen LogP contribution is 2.85. The fourth-order valence-electron chi connectivity index (χ4n) is 34.7. The minimum absolute atomic E-state index is 0.0168. The smallest absolute Gasteiger partial charge is 0.342 e. The number of hydrogen-bond donors (Lipinski definition) is 3. The van der Waals surface area contributed by atoms with Crippen molar-refractivity contribution in [3.63, 3.8) is 0 Å². The van der Waals surface area contributed by atoms with Gasteiger partial charge in [-0.25, -0.2) is 4.79 Å². The predicted molar refractivity (Wildman–Crippen MR) is 532 cm³/mol. The molecule has 0 aromatic rings. The van der Waals surface area contributed by atoms with Crippen molar-refractivity contribution in [2.75, 3.05) is 29.4 Å². The maximum atomic E-state index is 13.3. The molecule has 3 heterocycles. The summed E-state index contributed by atoms with van der Waals surface area (Å²) in [7, 11) is 0. The lowest BCUT2D eigenvalue weighted by Crippen LogP contribution is -2.70. The van der Waals surface area contributed by atoms with Gasteiger partial charge in [0.2, 0.25) is 6.29 Å². The van der Waals surface area contributed by atoms with E-state index in [1.807, 2.05) is 52.8 Å². The first-order valence-corrected chi connectivity index (χ1v) is 53.1. The van der Waals surface area contributed by atoms with Crippen LogP contribution in [0, 0.1) is 155 Å². The topological polar surface area (TPSA) is 274 Å². The Bertz CT molecular complexity index is 4800. The number of carbonyl (C=O) groups is 8. The fourth-order valence-corrected chi connectivity index (χ4v) is 35.0. The highest BCUT2D eigenvalue weighted by Gasteiger charge is 2.93. The van der Waals surface area contributed by atoms with Crippen molar-refractivity contribution in [3.8, 4) is 0 Å². The van der Waals surface area contributed by atoms with Crippen LogP contribution in [0.1, 0.15) is 253 Å². The van der Waals surface area contributed by atoms with Crippen molar-refractivity contribution < 1.29 is 91.6 Å². The SMILES string of the molecule is C=CC(=C)[C@@H]1C[C@@H](OC(=O)CCl)[C@]2(C)[C@H](C)CC[C@]3(CC=C(C)[C@H]32)[C@H]1C.C=CC(=C)[C@@H]1C[C@@H](OC(=O)CCl)[C@]2(C)[C@H](C)CC[C@]3(CCC(=O)[C@H]32)[C@H]1C.C=CC(=C)[C@@H]1C[C@@H](OC(=O)CCl)[C@]2(C)[C@H](C)CC[C@]3(C[C@H](O)C(=O)[C@]32O)[C@H]1C.C=CC(=C)[C@@H]1C[C@@H](OC(=O)CCl)[C@]2(C)[C@H](C)CC[C@]3(C[C@H](O)[C@]4(C)O[C@@]324)[C@H]1C.C=CC(=C)[C@@H]1C[C@@H](OC(=O)CCl)[C@]2(C)[C@H](C)CC[C@]3(C[C@H]4OC(=O)[C@]32O4)[C@H]1C. The summed E-state index contributed by atoms with van der Waals surface area (Å²) in [5, 5.41) is 33.8. The van der Waals surface area contributed by atoms with Crippen molar-refractivity contribution in [2.45, 2.75) is 324 Å². The number of rotatable bonds is 20. The summed E-state index contributed by atoms with van der Waals surface area (Å²) in [6.45, 7) is 77.8. The lowest BCUT2D eigenvalue weighted by atomic mass is 9.45. The molecule has 12 bridgehead atoms. The molecule has 16 fully saturated rings. The summed E-state index contributed by atoms with van der Waals surface area (Å²) < 4.78 is 48.3. The third-order valence-corrected chi connectivity index (χ3v) is 44.3. The Labute approximate surface area is 835 Å². The average molecular weight is 1980 g/mol. The lowest BCUT2D eigenvalue weighted by molar-refractivity contribution is -0.234. The van der Waals surface area contributed by atoms with Crippen LogP contribution < -0.4 is 0 Å². The number of hydrogen-bond acceptors (Lipinski definition) is 19. The minimum atomic E-state index is -1.79. The predicted octanol–water partition coefficient (Wildman–Crippen LogP) is 22.1. The molecule has 0 amide bonds. The largest absolute Gasteiger partial charge is 0.461 e. The molecule has 13 saturated carbocycles. The highest BCUT2D eigenvalue weighted by molar-refractivity contribution is 6.27. The zero-order valence-corrected chi connectivity index (χ0v) is 87.9. The number of ether oxygens (including phenoxy) is 8. The number of Topliss-reactive ketones (excluding diaryl/α,β-unsaturated/α-hetero) is 2. The molecule has 0 aromatic heterocycles. The first-order chi connectivity index (χ1) is 63.7. The number of alkyl halides is 5. The Morgan fingerprint density at radius 1 is 0.441 bits per heavy atom. The highest BCUT2D eigenvalue weighted by atomic mass is 35.5. The Morgan fingerprint density at radius 2 is 0.794 bits per heavy atom. The number of ketones is 2. The zero-order valence-electron chi connectivity index (χ0n) is 84.1. The number of halogens is 5. The van der Waals surface area contributed by atoms with Gasteiger partial charge in [0.05, 0.1) is 6.10 Å². The minimum Gasteiger partial charge on any atom is -0.461 e. The van der Waals surface area contributed by atoms with Crippen molar-refractivity contribution in [2.24, 2.45) is 155 Å². The summed E-state index contributed by atoms with van der Waals surface area (Å²) in [6.07, 6.45) is 24.5. The van der Waals surface area contributed by atoms with Crippen LogP contribution in [0.25, 0.3) is 0 Å². The van der Waals surface area contributed by atoms with Gasteiger partial charge in [-0.15, -0.1) is 58.0 Å². The lowest BCUT2D eigenvalue weighted by Gasteiger charge is -2.60. The standard InChI is InChI=1S/C23H33ClO4.C23H33ClO2.C22H29ClO5.C22H31ClO5.C22H31ClO3/c1-7-13(2)16-10-18(27-19(26)12-24)20(5)14(3)8-9-22(15(16)4)11-17(25)21(6)23(20,22)28-21;1-7-14(2)18-12-19(26-20(25)13-24)22(6)16(4)9-11-23(17(18)5)10-8-15(3)21(22)23;1-6-12(2)15-9-16(26-17(24)11-23)20(5)13(3)7-8-21(14(15)4)10-18-27-19(25)22(20,21)28-18;1-6-12(2)15-9-17(28-18(25)11-23)20(5)13(3)7-8-21(14(15)4)10-16(24)19(26)22(20,21)27;1-6-13(2)16-11-18(26-19(25)12-23)21(5)14(3)7-9-22(15(16)4)10-8-17(24)20(21)22/h7,14-18,25H,1-2,8-12H2,3-6H3;7-8,16-19,21H,1-2,9-13H2,3-6H3;6,13-16,18H,1-2,7-11H2,3-5H3;6,13-17,24,27H,1-2,7-11H2,3-5H3;6,14-16,18,20H,1-2,7-12H2,3-5H3/t14-,15+,16+,17+,18-,20+,21+,22+,23+;16-,17+,18+,19-,21+,22+,23-;13-,14+,15+,16-,18+,20+,21+,22-;13-,14+,15+,16+,17-,20+,21+,22-;14-,15+,16+,18-,20+,21+,22+/m11111/s1. The van der Waals surface area contributed by atoms with Gasteiger partial charge in [0.1, 0.15) is 88.6 Å². The van der Waals surface area contributed by atoms with Gasteiger partial charge in [0, 0.05) is 62.1 Å². The van der Waals surface area contributed by atoms with Crippen LogP contribution in [-0.4, -0.2) is 164 Å². The maximum absolute atomic E-state index is 13.3. The van der Waals surface area contributed by atoms with Crippen molar-refractivity contribution in [1.29, 1.82) is 0 Å². The molecule has 17 aliphatic rings. The van der Waals surface area contributed by atoms with E-state index in [1.54, 1.807) is 12.2 Å². The van der Waals surface area contributed by atoms with Gasteiger partial charge in [-0.3, -0.25) is 33.6 Å². The fraction of sp³-hybridized carbons (Fsp3) is 0.732. The summed E-state index contributed by atoms with van der Waals surface area (Å²) in [5.41, 5.74) is -1.48. The van der Waals surface area contributed by atoms with Crippen molar-refractivity contribution >= 4 is 105 Å². The molecule has 3 N–H and O–H groups in total. The summed E-state index contributed by atoms with van der Waals surface area (Å²) in [6, 6.07) is 0. The van der Waals surface area contributed by atoms with Crippen LogP contribution in [0.15, 0.2) is 136 Å². The molecule has 2 spiro atoms. The number of epoxide rings is 1. The molecular weight excluding hydrogens is 1830 g/mol. The number of aliphatic hydroxyl groups is 3. The van der Waals surface area contributed by atoms with Crippen LogP contribution in [0.4, 0.5) is 0 Å². The molecule has 24 heteroatoms. The van der Waals surface area contributed by atoms with Gasteiger partial charge in [-0.1, -0.05) is 240 Å². The quantitative estimate of drug-likeness (QED) is 0.0255. The second-order valence-electron chi connectivity index (χ2n) is 46.6. The Hall–Kier alpha value is -5.45. The van der Waals surface area contributed by atoms with Gasteiger partial charge in [-0.2, -0.15) is 0 Å². The van der Waals surface area contributed by atoms with E-state index in [-0.39, 0.29) is 164 Å². The first-order valence-electron chi connectivity index (χ1n) is 50.4. The summed E-state index contributed by atoms with van der Waals surface area (Å²) in [5.74, 6) is -0.597. The average Bonchev–Trinajstić information content (AvgIpc) is 1.43. The molecular formula is C112H157Cl5O19. The molecule has 39 atom stereocenters. The molecule has 136 heavy (non-hydrogen) atoms. The number of aliphatic hydroxyl groups excluding tert-OH is 2. The monoisotopic (exact) mass is 1980 g/mol. The van der Waals surface area contributed by atoms with Crippen LogP contribution in [-0.2, 0) is 76.3 Å². The molecule has 3 aliphatic heterocycles. The first kappa shape index (κ1) is 108. The third-order valence-electron chi connectivity index (χ3n) is 43.2. The van der Waals surface area contributed by atoms with Gasteiger partial charge >= 0.3 is 35.8 Å². The van der Waals surface area contributed by atoms with Crippen LogP contribution >= 0.6 is 58.0 Å². The molecule has 0 radical (unpaired) electrons. The Balaban J connectivity index is 0.000000144. The van der Waals surface area contributed by atoms with E-state index in [2.05, 4.69) is 155 Å². The molecule has 754 valence electrons. The molecule has 0 unspecified atom stereocenters. The second-order valence-corrected chi connectivity index (χ2v) is 47.9. The van der Waals surface area contributed by atoms with Gasteiger partial charge in [-0.05, 0) is 241 Å². The second kappa shape index (κ2) is 38.6. The summed E-state index contributed by atoms with van der Waals surface area (Å²) in [4.78, 5) is 101. The molecule has 17 rings (SSSR count). The van der Waals surface area contributed by atoms with E-state index in [1.165, 1.54) is 18.4 Å². The molecule has 0 aromatic carbocycles. The molecule has 14 aliphatic carbocycles. The zero-order chi connectivity index (χ0) is 101. The molecule has 19 nitrogen and oxygen atoms in total. The van der Waals surface area contributed by atoms with Gasteiger partial charge in [0.15, 0.2) is 11.4 Å². The Kier molecular flexibility index (Phi) is 30.6. The van der Waals surface area contributed by atoms with Crippen LogP contribution in [0.3, 0.4) is 0 Å². The van der Waals surface area contributed by atoms with Gasteiger partial charge < -0.3 is 53.2 Å². The van der Waals surface area contributed by atoms with Gasteiger partial charge in [0.25, 0.3) is 0 Å².